The first kappa shape index (κ1) is 17.0. The van der Waals surface area contributed by atoms with E-state index in [0.29, 0.717) is 17.7 Å². The number of phenolic OH excluding ortho intramolecular Hbond substituents is 1. The molecule has 0 aliphatic heterocycles. The standard InChI is InChI=1S/C18H22N2O3/c1-11-8-12(6-7-21)9-14(17(11)23)18(2,3)20-16-10-13(22)4-5-15(16)19/h4-5,8-10,19-21,23H,6-7H2,1-3H3. The van der Waals surface area contributed by atoms with Gasteiger partial charge in [-0.1, -0.05) is 6.07 Å². The lowest BCUT2D eigenvalue weighted by atomic mass is 9.88. The maximum atomic E-state index is 11.5. The molecule has 23 heavy (non-hydrogen) atoms. The van der Waals surface area contributed by atoms with Crippen LogP contribution in [0.5, 0.6) is 5.75 Å². The van der Waals surface area contributed by atoms with Crippen LogP contribution in [0, 0.1) is 12.3 Å². The minimum absolute atomic E-state index is 0.0343. The number of aliphatic hydroxyl groups is 1. The summed E-state index contributed by atoms with van der Waals surface area (Å²) in [6, 6.07) is 3.69. The van der Waals surface area contributed by atoms with E-state index in [1.54, 1.807) is 0 Å². The first-order valence-electron chi connectivity index (χ1n) is 7.49. The highest BCUT2D eigenvalue weighted by atomic mass is 16.3. The number of aryl methyl sites for hydroxylation is 1. The highest BCUT2D eigenvalue weighted by Gasteiger charge is 2.27. The molecule has 5 nitrogen and oxygen atoms in total. The summed E-state index contributed by atoms with van der Waals surface area (Å²) in [5, 5.41) is 30.6. The Bertz CT molecular complexity index is 715. The topological polar surface area (TPSA) is 93.4 Å². The Hall–Kier alpha value is -2.40. The lowest BCUT2D eigenvalue weighted by Gasteiger charge is -2.31. The third kappa shape index (κ3) is 3.68. The maximum Gasteiger partial charge on any atom is 0.180 e. The Morgan fingerprint density at radius 1 is 1.26 bits per heavy atom. The van der Waals surface area contributed by atoms with E-state index < -0.39 is 5.54 Å². The summed E-state index contributed by atoms with van der Waals surface area (Å²) in [4.78, 5) is 11.5. The number of aliphatic hydroxyl groups excluding tert-OH is 1. The van der Waals surface area contributed by atoms with Gasteiger partial charge in [-0.15, -0.1) is 0 Å². The molecule has 5 heteroatoms. The van der Waals surface area contributed by atoms with Gasteiger partial charge in [0.2, 0.25) is 0 Å². The minimum atomic E-state index is -0.691. The molecule has 0 atom stereocenters. The van der Waals surface area contributed by atoms with Gasteiger partial charge in [0.05, 0.1) is 16.9 Å². The zero-order chi connectivity index (χ0) is 17.2. The summed E-state index contributed by atoms with van der Waals surface area (Å²) in [7, 11) is 0. The second kappa shape index (κ2) is 6.38. The van der Waals surface area contributed by atoms with Crippen molar-refractivity contribution in [2.45, 2.75) is 32.7 Å². The fourth-order valence-corrected chi connectivity index (χ4v) is 2.63. The lowest BCUT2D eigenvalue weighted by molar-refractivity contribution is -0.110. The van der Waals surface area contributed by atoms with Gasteiger partial charge in [-0.3, -0.25) is 10.2 Å². The first-order chi connectivity index (χ1) is 10.7. The van der Waals surface area contributed by atoms with Crippen LogP contribution in [0.2, 0.25) is 0 Å². The SMILES string of the molecule is Cc1cc(CCO)cc(C(C)(C)NC2=CC(=O)C=CC2=N)c1O. The largest absolute Gasteiger partial charge is 0.507 e. The molecular formula is C18H22N2O3. The van der Waals surface area contributed by atoms with Gasteiger partial charge in [0.15, 0.2) is 5.78 Å². The van der Waals surface area contributed by atoms with Gasteiger partial charge in [-0.2, -0.15) is 0 Å². The van der Waals surface area contributed by atoms with Crippen LogP contribution in [-0.2, 0) is 16.8 Å². The van der Waals surface area contributed by atoms with Gasteiger partial charge < -0.3 is 15.5 Å². The van der Waals surface area contributed by atoms with Crippen molar-refractivity contribution in [3.63, 3.8) is 0 Å². The number of ketones is 1. The second-order valence-electron chi connectivity index (χ2n) is 6.24. The summed E-state index contributed by atoms with van der Waals surface area (Å²) in [5.41, 5.74) is 2.27. The van der Waals surface area contributed by atoms with Crippen molar-refractivity contribution < 1.29 is 15.0 Å². The Kier molecular flexibility index (Phi) is 4.71. The van der Waals surface area contributed by atoms with E-state index in [-0.39, 0.29) is 23.9 Å². The van der Waals surface area contributed by atoms with E-state index in [0.717, 1.165) is 11.1 Å². The number of rotatable bonds is 5. The fraction of sp³-hybridized carbons (Fsp3) is 0.333. The van der Waals surface area contributed by atoms with Crippen molar-refractivity contribution >= 4 is 11.5 Å². The summed E-state index contributed by atoms with van der Waals surface area (Å²) < 4.78 is 0. The monoisotopic (exact) mass is 314 g/mol. The van der Waals surface area contributed by atoms with Gasteiger partial charge in [0.25, 0.3) is 0 Å². The number of aromatic hydroxyl groups is 1. The number of carbonyl (C=O) groups excluding carboxylic acids is 1. The molecule has 0 heterocycles. The first-order valence-corrected chi connectivity index (χ1v) is 7.49. The average molecular weight is 314 g/mol. The predicted molar refractivity (Wildman–Crippen MR) is 89.8 cm³/mol. The minimum Gasteiger partial charge on any atom is -0.507 e. The quantitative estimate of drug-likeness (QED) is 0.626. The van der Waals surface area contributed by atoms with Gasteiger partial charge >= 0.3 is 0 Å². The normalized spacial score (nSPS) is 14.9. The molecule has 0 aromatic heterocycles. The van der Waals surface area contributed by atoms with Crippen LogP contribution < -0.4 is 5.32 Å². The molecule has 1 aromatic carbocycles. The second-order valence-corrected chi connectivity index (χ2v) is 6.24. The van der Waals surface area contributed by atoms with Gasteiger partial charge in [-0.25, -0.2) is 0 Å². The van der Waals surface area contributed by atoms with Crippen LogP contribution in [0.3, 0.4) is 0 Å². The van der Waals surface area contributed by atoms with E-state index in [2.05, 4.69) is 5.32 Å². The van der Waals surface area contributed by atoms with E-state index in [4.69, 9.17) is 10.5 Å². The van der Waals surface area contributed by atoms with Crippen LogP contribution in [0.25, 0.3) is 0 Å². The van der Waals surface area contributed by atoms with Crippen LogP contribution in [0.1, 0.15) is 30.5 Å². The molecule has 0 radical (unpaired) electrons. The van der Waals surface area contributed by atoms with Crippen LogP contribution in [0.15, 0.2) is 36.1 Å². The van der Waals surface area contributed by atoms with Crippen LogP contribution in [0.4, 0.5) is 0 Å². The number of allylic oxidation sites excluding steroid dienone is 3. The summed E-state index contributed by atoms with van der Waals surface area (Å²) >= 11 is 0. The molecule has 0 bridgehead atoms. The van der Waals surface area contributed by atoms with Crippen molar-refractivity contribution in [1.82, 2.24) is 5.32 Å². The van der Waals surface area contributed by atoms with E-state index >= 15 is 0 Å². The summed E-state index contributed by atoms with van der Waals surface area (Å²) in [6.07, 6.45) is 4.69. The molecule has 0 fully saturated rings. The van der Waals surface area contributed by atoms with Gasteiger partial charge in [-0.05, 0) is 56.5 Å². The highest BCUT2D eigenvalue weighted by molar-refractivity contribution is 6.18. The summed E-state index contributed by atoms with van der Waals surface area (Å²) in [5.74, 6) is 0.00253. The average Bonchev–Trinajstić information content (AvgIpc) is 2.46. The van der Waals surface area contributed by atoms with Crippen molar-refractivity contribution in [3.05, 3.63) is 52.7 Å². The molecular weight excluding hydrogens is 292 g/mol. The maximum absolute atomic E-state index is 11.5. The number of hydrogen-bond acceptors (Lipinski definition) is 5. The predicted octanol–water partition coefficient (Wildman–Crippen LogP) is 2.10. The molecule has 2 rings (SSSR count). The lowest BCUT2D eigenvalue weighted by Crippen LogP contribution is -2.39. The molecule has 0 saturated carbocycles. The molecule has 1 aliphatic carbocycles. The zero-order valence-electron chi connectivity index (χ0n) is 13.6. The fourth-order valence-electron chi connectivity index (χ4n) is 2.63. The molecule has 0 unspecified atom stereocenters. The third-order valence-electron chi connectivity index (χ3n) is 3.87. The molecule has 1 aromatic rings. The Morgan fingerprint density at radius 2 is 1.96 bits per heavy atom. The van der Waals surface area contributed by atoms with Crippen molar-refractivity contribution in [1.29, 1.82) is 5.41 Å². The number of hydrogen-bond donors (Lipinski definition) is 4. The van der Waals surface area contributed by atoms with Crippen molar-refractivity contribution in [3.8, 4) is 5.75 Å². The molecule has 0 spiro atoms. The number of carbonyl (C=O) groups is 1. The Morgan fingerprint density at radius 3 is 2.61 bits per heavy atom. The van der Waals surface area contributed by atoms with Gasteiger partial charge in [0.1, 0.15) is 5.75 Å². The number of nitrogens with one attached hydrogen (secondary N) is 2. The van der Waals surface area contributed by atoms with Crippen molar-refractivity contribution in [2.75, 3.05) is 6.61 Å². The third-order valence-corrected chi connectivity index (χ3v) is 3.87. The van der Waals surface area contributed by atoms with E-state index in [9.17, 15) is 9.90 Å². The summed E-state index contributed by atoms with van der Waals surface area (Å²) in [6.45, 7) is 5.60. The molecule has 1 aliphatic rings. The smallest absolute Gasteiger partial charge is 0.180 e. The molecule has 4 N–H and O–H groups in total. The molecule has 0 saturated heterocycles. The van der Waals surface area contributed by atoms with E-state index in [1.807, 2.05) is 32.9 Å². The number of phenols is 1. The van der Waals surface area contributed by atoms with Crippen molar-refractivity contribution in [2.24, 2.45) is 0 Å². The number of benzene rings is 1. The Labute approximate surface area is 135 Å². The molecule has 122 valence electrons. The van der Waals surface area contributed by atoms with Crippen LogP contribution in [-0.4, -0.2) is 28.3 Å². The Balaban J connectivity index is 2.39. The highest BCUT2D eigenvalue weighted by Crippen LogP contribution is 2.34. The van der Waals surface area contributed by atoms with E-state index in [1.165, 1.54) is 18.2 Å². The zero-order valence-corrected chi connectivity index (χ0v) is 13.6. The molecule has 0 amide bonds. The van der Waals surface area contributed by atoms with Gasteiger partial charge in [0, 0.05) is 18.2 Å². The van der Waals surface area contributed by atoms with Crippen LogP contribution >= 0.6 is 0 Å².